The highest BCUT2D eigenvalue weighted by Crippen LogP contribution is 2.21. The van der Waals surface area contributed by atoms with E-state index < -0.39 is 0 Å². The second kappa shape index (κ2) is 6.10. The van der Waals surface area contributed by atoms with Crippen LogP contribution in [0.2, 0.25) is 5.02 Å². The molecule has 5 nitrogen and oxygen atoms in total. The van der Waals surface area contributed by atoms with Gasteiger partial charge in [-0.2, -0.15) is 0 Å². The molecule has 0 bridgehead atoms. The molecule has 0 unspecified atom stereocenters. The number of amides is 1. The summed E-state index contributed by atoms with van der Waals surface area (Å²) in [5.74, 6) is 0.110. The second-order valence-electron chi connectivity index (χ2n) is 5.66. The third-order valence-corrected chi connectivity index (χ3v) is 4.47. The van der Waals surface area contributed by atoms with Crippen LogP contribution in [-0.2, 0) is 11.3 Å². The lowest BCUT2D eigenvalue weighted by molar-refractivity contribution is -0.124. The minimum absolute atomic E-state index is 0.0285. The van der Waals surface area contributed by atoms with Crippen LogP contribution in [0.3, 0.4) is 0 Å². The van der Waals surface area contributed by atoms with Gasteiger partial charge < -0.3 is 10.3 Å². The topological polar surface area (TPSA) is 65.2 Å². The number of nitrogens with one attached hydrogen (secondary N) is 2. The lowest BCUT2D eigenvalue weighted by Gasteiger charge is -2.16. The fourth-order valence-corrected chi connectivity index (χ4v) is 3.23. The fourth-order valence-electron chi connectivity index (χ4n) is 3.01. The molecule has 116 valence electrons. The third kappa shape index (κ3) is 2.87. The van der Waals surface area contributed by atoms with E-state index in [-0.39, 0.29) is 17.3 Å². The molecule has 0 spiro atoms. The van der Waals surface area contributed by atoms with Crippen LogP contribution in [-0.4, -0.2) is 35.9 Å². The van der Waals surface area contributed by atoms with Gasteiger partial charge in [0.25, 0.3) is 0 Å². The van der Waals surface area contributed by atoms with E-state index in [1.54, 1.807) is 31.3 Å². The monoisotopic (exact) mass is 319 g/mol. The molecule has 0 radical (unpaired) electrons. The smallest absolute Gasteiger partial charge is 0.224 e. The lowest BCUT2D eigenvalue weighted by atomic mass is 10.1. The molecule has 1 aromatic carbocycles. The number of likely N-dealkylation sites (tertiary alicyclic amines) is 1. The molecule has 1 saturated heterocycles. The molecule has 1 aromatic heterocycles. The molecule has 1 aliphatic heterocycles. The number of aromatic amines is 1. The molecule has 1 atom stereocenters. The van der Waals surface area contributed by atoms with Crippen LogP contribution in [0.5, 0.6) is 0 Å². The number of rotatable bonds is 3. The SMILES string of the molecule is CNC(=O)[C@@H]1CCN(Cc2cc(=O)c3cccc(Cl)c3[nH]2)C1. The molecule has 6 heteroatoms. The summed E-state index contributed by atoms with van der Waals surface area (Å²) in [5.41, 5.74) is 1.46. The predicted octanol–water partition coefficient (Wildman–Crippen LogP) is 1.75. The highest BCUT2D eigenvalue weighted by Gasteiger charge is 2.27. The number of H-pyrrole nitrogens is 1. The summed E-state index contributed by atoms with van der Waals surface area (Å²) >= 11 is 6.16. The minimum atomic E-state index is -0.0340. The van der Waals surface area contributed by atoms with E-state index in [0.29, 0.717) is 29.0 Å². The Morgan fingerprint density at radius 3 is 3.09 bits per heavy atom. The molecule has 22 heavy (non-hydrogen) atoms. The van der Waals surface area contributed by atoms with Gasteiger partial charge in [0.15, 0.2) is 5.43 Å². The number of carbonyl (C=O) groups excluding carboxylic acids is 1. The Morgan fingerprint density at radius 2 is 2.32 bits per heavy atom. The average Bonchev–Trinajstić information content (AvgIpc) is 2.96. The summed E-state index contributed by atoms with van der Waals surface area (Å²) in [5, 5.41) is 3.83. The van der Waals surface area contributed by atoms with Gasteiger partial charge in [0.1, 0.15) is 0 Å². The van der Waals surface area contributed by atoms with Crippen molar-refractivity contribution in [1.82, 2.24) is 15.2 Å². The zero-order valence-corrected chi connectivity index (χ0v) is 13.1. The van der Waals surface area contributed by atoms with Gasteiger partial charge in [-0.15, -0.1) is 0 Å². The summed E-state index contributed by atoms with van der Waals surface area (Å²) in [6, 6.07) is 6.92. The van der Waals surface area contributed by atoms with Crippen LogP contribution in [0.25, 0.3) is 10.9 Å². The first-order chi connectivity index (χ1) is 10.6. The molecule has 0 aliphatic carbocycles. The van der Waals surface area contributed by atoms with Crippen LogP contribution in [0.4, 0.5) is 0 Å². The van der Waals surface area contributed by atoms with Gasteiger partial charge in [-0.25, -0.2) is 0 Å². The Hall–Kier alpha value is -1.85. The second-order valence-corrected chi connectivity index (χ2v) is 6.06. The highest BCUT2D eigenvalue weighted by atomic mass is 35.5. The van der Waals surface area contributed by atoms with Gasteiger partial charge in [-0.05, 0) is 25.1 Å². The van der Waals surface area contributed by atoms with Gasteiger partial charge in [-0.1, -0.05) is 17.7 Å². The maximum Gasteiger partial charge on any atom is 0.224 e. The summed E-state index contributed by atoms with van der Waals surface area (Å²) in [6.45, 7) is 2.17. The number of halogens is 1. The zero-order chi connectivity index (χ0) is 15.7. The first-order valence-electron chi connectivity index (χ1n) is 7.33. The van der Waals surface area contributed by atoms with Crippen molar-refractivity contribution in [3.05, 3.63) is 45.2 Å². The van der Waals surface area contributed by atoms with E-state index in [9.17, 15) is 9.59 Å². The van der Waals surface area contributed by atoms with E-state index >= 15 is 0 Å². The number of nitrogens with zero attached hydrogens (tertiary/aromatic N) is 1. The molecular weight excluding hydrogens is 302 g/mol. The first-order valence-corrected chi connectivity index (χ1v) is 7.70. The molecule has 1 aliphatic rings. The predicted molar refractivity (Wildman–Crippen MR) is 87.0 cm³/mol. The van der Waals surface area contributed by atoms with Crippen LogP contribution >= 0.6 is 11.6 Å². The van der Waals surface area contributed by atoms with Crippen molar-refractivity contribution in [2.24, 2.45) is 5.92 Å². The molecule has 2 N–H and O–H groups in total. The Labute approximate surface area is 133 Å². The van der Waals surface area contributed by atoms with Crippen molar-refractivity contribution in [1.29, 1.82) is 0 Å². The quantitative estimate of drug-likeness (QED) is 0.906. The Bertz CT molecular complexity index is 772. The van der Waals surface area contributed by atoms with Crippen molar-refractivity contribution in [3.63, 3.8) is 0 Å². The summed E-state index contributed by atoms with van der Waals surface area (Å²) in [4.78, 5) is 29.3. The van der Waals surface area contributed by atoms with E-state index in [1.807, 2.05) is 0 Å². The molecular formula is C16H18ClN3O2. The Kier molecular flexibility index (Phi) is 4.18. The van der Waals surface area contributed by atoms with E-state index in [2.05, 4.69) is 15.2 Å². The number of pyridine rings is 1. The van der Waals surface area contributed by atoms with Crippen LogP contribution in [0, 0.1) is 5.92 Å². The van der Waals surface area contributed by atoms with E-state index in [4.69, 9.17) is 11.6 Å². The Morgan fingerprint density at radius 1 is 1.50 bits per heavy atom. The number of hydrogen-bond donors (Lipinski definition) is 2. The third-order valence-electron chi connectivity index (χ3n) is 4.15. The van der Waals surface area contributed by atoms with Crippen molar-refractivity contribution >= 4 is 28.4 Å². The normalized spacial score (nSPS) is 18.7. The largest absolute Gasteiger partial charge is 0.359 e. The number of benzene rings is 1. The van der Waals surface area contributed by atoms with Gasteiger partial charge in [0.05, 0.1) is 16.5 Å². The van der Waals surface area contributed by atoms with Crippen molar-refractivity contribution in [2.45, 2.75) is 13.0 Å². The Balaban J connectivity index is 1.82. The lowest BCUT2D eigenvalue weighted by Crippen LogP contribution is -2.30. The summed E-state index contributed by atoms with van der Waals surface area (Å²) < 4.78 is 0. The molecule has 2 heterocycles. The average molecular weight is 320 g/mol. The highest BCUT2D eigenvalue weighted by molar-refractivity contribution is 6.35. The molecule has 1 fully saturated rings. The maximum absolute atomic E-state index is 12.2. The minimum Gasteiger partial charge on any atom is -0.359 e. The summed E-state index contributed by atoms with van der Waals surface area (Å²) in [7, 11) is 1.66. The van der Waals surface area contributed by atoms with E-state index in [0.717, 1.165) is 18.7 Å². The van der Waals surface area contributed by atoms with Crippen molar-refractivity contribution < 1.29 is 4.79 Å². The zero-order valence-electron chi connectivity index (χ0n) is 12.4. The van der Waals surface area contributed by atoms with Crippen LogP contribution < -0.4 is 10.7 Å². The number of fused-ring (bicyclic) bond motifs is 1. The number of para-hydroxylation sites is 1. The fraction of sp³-hybridized carbons (Fsp3) is 0.375. The number of aromatic nitrogens is 1. The molecule has 1 amide bonds. The number of carbonyl (C=O) groups is 1. The first kappa shape index (κ1) is 15.1. The van der Waals surface area contributed by atoms with Crippen molar-refractivity contribution in [2.75, 3.05) is 20.1 Å². The van der Waals surface area contributed by atoms with Crippen molar-refractivity contribution in [3.8, 4) is 0 Å². The van der Waals surface area contributed by atoms with E-state index in [1.165, 1.54) is 0 Å². The molecule has 2 aromatic rings. The number of hydrogen-bond acceptors (Lipinski definition) is 3. The maximum atomic E-state index is 12.2. The summed E-state index contributed by atoms with van der Waals surface area (Å²) in [6.07, 6.45) is 0.845. The standard InChI is InChI=1S/C16H18ClN3O2/c1-18-16(22)10-5-6-20(8-10)9-11-7-14(21)12-3-2-4-13(17)15(12)19-11/h2-4,7,10H,5-6,8-9H2,1H3,(H,18,22)(H,19,21)/t10-/m1/s1. The van der Waals surface area contributed by atoms with Crippen LogP contribution in [0.1, 0.15) is 12.1 Å². The van der Waals surface area contributed by atoms with Gasteiger partial charge >= 0.3 is 0 Å². The van der Waals surface area contributed by atoms with Crippen LogP contribution in [0.15, 0.2) is 29.1 Å². The molecule has 3 rings (SSSR count). The molecule has 0 saturated carbocycles. The van der Waals surface area contributed by atoms with Gasteiger partial charge in [0.2, 0.25) is 5.91 Å². The van der Waals surface area contributed by atoms with Gasteiger partial charge in [-0.3, -0.25) is 14.5 Å². The van der Waals surface area contributed by atoms with Gasteiger partial charge in [0, 0.05) is 37.3 Å².